The maximum atomic E-state index is 13.7. The second kappa shape index (κ2) is 9.33. The fourth-order valence-electron chi connectivity index (χ4n) is 2.20. The number of imide groups is 1. The number of hydrogen-bond donors (Lipinski definition) is 1. The molecule has 0 atom stereocenters. The van der Waals surface area contributed by atoms with Gasteiger partial charge in [0, 0.05) is 38.8 Å². The van der Waals surface area contributed by atoms with E-state index in [0.29, 0.717) is 19.4 Å². The molecule has 8 heteroatoms. The van der Waals surface area contributed by atoms with Crippen molar-refractivity contribution in [1.29, 1.82) is 0 Å². The van der Waals surface area contributed by atoms with E-state index in [4.69, 9.17) is 4.74 Å². The van der Waals surface area contributed by atoms with Crippen LogP contribution in [0, 0.1) is 5.82 Å². The Kier molecular flexibility index (Phi) is 7.15. The molecule has 0 saturated carbocycles. The van der Waals surface area contributed by atoms with E-state index >= 15 is 0 Å². The minimum atomic E-state index is -0.480. The first-order valence-corrected chi connectivity index (χ1v) is 8.60. The Labute approximate surface area is 149 Å². The molecule has 1 aromatic carbocycles. The number of carbonyl (C=O) groups excluding carboxylic acids is 3. The van der Waals surface area contributed by atoms with Crippen LogP contribution in [-0.4, -0.2) is 48.8 Å². The summed E-state index contributed by atoms with van der Waals surface area (Å²) in [6, 6.07) is 6.02. The largest absolute Gasteiger partial charge is 0.385 e. The van der Waals surface area contributed by atoms with E-state index in [-0.39, 0.29) is 29.5 Å². The van der Waals surface area contributed by atoms with Crippen molar-refractivity contribution in [3.05, 3.63) is 40.6 Å². The van der Waals surface area contributed by atoms with Crippen LogP contribution in [0.15, 0.2) is 29.2 Å². The van der Waals surface area contributed by atoms with Gasteiger partial charge in [0.25, 0.3) is 11.1 Å². The molecule has 134 valence electrons. The van der Waals surface area contributed by atoms with Crippen molar-refractivity contribution in [2.24, 2.45) is 0 Å². The molecule has 1 aliphatic rings. The third-order valence-electron chi connectivity index (χ3n) is 3.48. The fourth-order valence-corrected chi connectivity index (χ4v) is 3.05. The summed E-state index contributed by atoms with van der Waals surface area (Å²) in [7, 11) is 1.56. The van der Waals surface area contributed by atoms with Gasteiger partial charge < -0.3 is 10.1 Å². The summed E-state index contributed by atoms with van der Waals surface area (Å²) in [4.78, 5) is 37.0. The van der Waals surface area contributed by atoms with Gasteiger partial charge in [0.1, 0.15) is 5.82 Å². The molecule has 6 nitrogen and oxygen atoms in total. The third-order valence-corrected chi connectivity index (χ3v) is 4.38. The Morgan fingerprint density at radius 1 is 1.36 bits per heavy atom. The topological polar surface area (TPSA) is 75.7 Å². The zero-order chi connectivity index (χ0) is 18.2. The number of halogens is 1. The van der Waals surface area contributed by atoms with Gasteiger partial charge in [-0.3, -0.25) is 19.3 Å². The number of rotatable bonds is 8. The van der Waals surface area contributed by atoms with Crippen LogP contribution in [0.1, 0.15) is 18.4 Å². The van der Waals surface area contributed by atoms with E-state index in [0.717, 1.165) is 16.7 Å². The molecule has 1 N–H and O–H groups in total. The molecule has 0 aliphatic carbocycles. The molecular weight excluding hydrogens is 347 g/mol. The molecule has 0 spiro atoms. The number of carbonyl (C=O) groups is 3. The summed E-state index contributed by atoms with van der Waals surface area (Å²) in [6.45, 7) is 0.753. The van der Waals surface area contributed by atoms with E-state index < -0.39 is 17.0 Å². The van der Waals surface area contributed by atoms with E-state index in [1.165, 1.54) is 18.2 Å². The Hall–Kier alpha value is -2.19. The highest BCUT2D eigenvalue weighted by atomic mass is 32.2. The lowest BCUT2D eigenvalue weighted by Crippen LogP contribution is -2.37. The Morgan fingerprint density at radius 3 is 2.84 bits per heavy atom. The molecule has 0 bridgehead atoms. The Morgan fingerprint density at radius 2 is 2.12 bits per heavy atom. The first-order valence-electron chi connectivity index (χ1n) is 7.78. The molecule has 0 aromatic heterocycles. The van der Waals surface area contributed by atoms with E-state index in [9.17, 15) is 18.8 Å². The van der Waals surface area contributed by atoms with Gasteiger partial charge in [-0.2, -0.15) is 0 Å². The highest BCUT2D eigenvalue weighted by Gasteiger charge is 2.34. The molecule has 1 heterocycles. The number of methoxy groups -OCH3 is 1. The molecule has 1 saturated heterocycles. The minimum absolute atomic E-state index is 0.0787. The van der Waals surface area contributed by atoms with Gasteiger partial charge in [0.2, 0.25) is 5.91 Å². The zero-order valence-corrected chi connectivity index (χ0v) is 14.6. The van der Waals surface area contributed by atoms with Crippen LogP contribution in [-0.2, 0) is 14.3 Å². The quantitative estimate of drug-likeness (QED) is 0.565. The van der Waals surface area contributed by atoms with Gasteiger partial charge in [-0.1, -0.05) is 18.2 Å². The number of amides is 3. The van der Waals surface area contributed by atoms with Crippen LogP contribution in [0.3, 0.4) is 0 Å². The van der Waals surface area contributed by atoms with Crippen LogP contribution < -0.4 is 5.32 Å². The number of nitrogens with one attached hydrogen (secondary N) is 1. The summed E-state index contributed by atoms with van der Waals surface area (Å²) in [6.07, 6.45) is 2.29. The van der Waals surface area contributed by atoms with Gasteiger partial charge in [0.05, 0.1) is 4.91 Å². The molecule has 1 fully saturated rings. The number of ether oxygens (including phenoxy) is 1. The number of benzene rings is 1. The summed E-state index contributed by atoms with van der Waals surface area (Å²) in [5, 5.41) is 2.22. The van der Waals surface area contributed by atoms with Crippen LogP contribution in [0.25, 0.3) is 6.08 Å². The van der Waals surface area contributed by atoms with E-state index in [1.54, 1.807) is 19.2 Å². The van der Waals surface area contributed by atoms with Gasteiger partial charge in [-0.15, -0.1) is 0 Å². The second-order valence-corrected chi connectivity index (χ2v) is 6.29. The normalized spacial score (nSPS) is 15.9. The van der Waals surface area contributed by atoms with Crippen LogP contribution in [0.2, 0.25) is 0 Å². The summed E-state index contributed by atoms with van der Waals surface area (Å²) >= 11 is 0.764. The van der Waals surface area contributed by atoms with Crippen molar-refractivity contribution < 1.29 is 23.5 Å². The highest BCUT2D eigenvalue weighted by molar-refractivity contribution is 8.18. The van der Waals surface area contributed by atoms with Crippen molar-refractivity contribution in [2.45, 2.75) is 12.8 Å². The third kappa shape index (κ3) is 5.40. The van der Waals surface area contributed by atoms with Crippen molar-refractivity contribution >= 4 is 34.9 Å². The molecule has 1 aliphatic heterocycles. The van der Waals surface area contributed by atoms with Gasteiger partial charge in [-0.25, -0.2) is 4.39 Å². The highest BCUT2D eigenvalue weighted by Crippen LogP contribution is 2.32. The molecule has 0 unspecified atom stereocenters. The number of thioether (sulfide) groups is 1. The van der Waals surface area contributed by atoms with Crippen LogP contribution >= 0.6 is 11.8 Å². The molecule has 25 heavy (non-hydrogen) atoms. The summed E-state index contributed by atoms with van der Waals surface area (Å²) < 4.78 is 18.5. The lowest BCUT2D eigenvalue weighted by Gasteiger charge is -2.12. The molecule has 0 radical (unpaired) electrons. The maximum Gasteiger partial charge on any atom is 0.293 e. The van der Waals surface area contributed by atoms with Gasteiger partial charge >= 0.3 is 0 Å². The lowest BCUT2D eigenvalue weighted by molar-refractivity contribution is -0.124. The Bertz CT molecular complexity index is 693. The average Bonchev–Trinajstić information content (AvgIpc) is 2.84. The molecule has 3 amide bonds. The lowest BCUT2D eigenvalue weighted by atomic mass is 10.2. The predicted molar refractivity (Wildman–Crippen MR) is 93.2 cm³/mol. The van der Waals surface area contributed by atoms with Crippen molar-refractivity contribution in [2.75, 3.05) is 26.8 Å². The zero-order valence-electron chi connectivity index (χ0n) is 13.8. The van der Waals surface area contributed by atoms with Gasteiger partial charge in [-0.05, 0) is 30.3 Å². The molecule has 1 aromatic rings. The van der Waals surface area contributed by atoms with Crippen LogP contribution in [0.4, 0.5) is 9.18 Å². The van der Waals surface area contributed by atoms with Crippen LogP contribution in [0.5, 0.6) is 0 Å². The maximum absolute atomic E-state index is 13.7. The summed E-state index contributed by atoms with van der Waals surface area (Å²) in [5.74, 6) is -1.10. The first kappa shape index (κ1) is 19.1. The number of hydrogen-bond acceptors (Lipinski definition) is 5. The standard InChI is InChI=1S/C17H19FN2O4S/c1-24-10-4-7-15(21)19-8-9-20-16(22)14(25-17(20)23)11-12-5-2-3-6-13(12)18/h2-3,5-6,11H,4,7-10H2,1H3,(H,19,21)/b14-11-. The van der Waals surface area contributed by atoms with Crippen molar-refractivity contribution in [3.63, 3.8) is 0 Å². The smallest absolute Gasteiger partial charge is 0.293 e. The summed E-state index contributed by atoms with van der Waals surface area (Å²) in [5.41, 5.74) is 0.249. The SMILES string of the molecule is COCCCC(=O)NCCN1C(=O)S/C(=C\c2ccccc2F)C1=O. The van der Waals surface area contributed by atoms with E-state index in [1.807, 2.05) is 0 Å². The Balaban J connectivity index is 1.89. The molecular formula is C17H19FN2O4S. The number of nitrogens with zero attached hydrogens (tertiary/aromatic N) is 1. The van der Waals surface area contributed by atoms with Crippen molar-refractivity contribution in [3.8, 4) is 0 Å². The first-order chi connectivity index (χ1) is 12.0. The second-order valence-electron chi connectivity index (χ2n) is 5.30. The average molecular weight is 366 g/mol. The monoisotopic (exact) mass is 366 g/mol. The molecule has 2 rings (SSSR count). The van der Waals surface area contributed by atoms with E-state index in [2.05, 4.69) is 5.32 Å². The minimum Gasteiger partial charge on any atom is -0.385 e. The van der Waals surface area contributed by atoms with Gasteiger partial charge in [0.15, 0.2) is 0 Å². The fraction of sp³-hybridized carbons (Fsp3) is 0.353. The van der Waals surface area contributed by atoms with Crippen molar-refractivity contribution in [1.82, 2.24) is 10.2 Å². The predicted octanol–water partition coefficient (Wildman–Crippen LogP) is 2.40.